The number of anilines is 1. The molecule has 176 valence electrons. The SMILES string of the molecule is N#CC(=Cc1cn(Cc2cccc(Cl)c2)c2ccccc12)C(=O)Nc1cc(C(F)(F)F)ccc1Cl. The van der Waals surface area contributed by atoms with E-state index in [4.69, 9.17) is 23.2 Å². The van der Waals surface area contributed by atoms with Crippen molar-refractivity contribution in [2.45, 2.75) is 12.7 Å². The summed E-state index contributed by atoms with van der Waals surface area (Å²) in [6.07, 6.45) is -1.41. The number of aromatic nitrogens is 1. The fourth-order valence-corrected chi connectivity index (χ4v) is 4.02. The number of nitrogens with zero attached hydrogens (tertiary/aromatic N) is 2. The summed E-state index contributed by atoms with van der Waals surface area (Å²) < 4.78 is 41.1. The number of carbonyl (C=O) groups is 1. The van der Waals surface area contributed by atoms with Crippen molar-refractivity contribution in [1.82, 2.24) is 4.57 Å². The molecule has 1 amide bonds. The number of nitrogens with one attached hydrogen (secondary N) is 1. The molecule has 4 rings (SSSR count). The number of alkyl halides is 3. The number of amides is 1. The van der Waals surface area contributed by atoms with E-state index in [1.807, 2.05) is 53.1 Å². The van der Waals surface area contributed by atoms with Crippen LogP contribution in [0.4, 0.5) is 18.9 Å². The maximum Gasteiger partial charge on any atom is 0.416 e. The van der Waals surface area contributed by atoms with Gasteiger partial charge in [0.15, 0.2) is 0 Å². The maximum absolute atomic E-state index is 13.0. The van der Waals surface area contributed by atoms with Crippen LogP contribution >= 0.6 is 23.2 Å². The zero-order valence-electron chi connectivity index (χ0n) is 17.9. The van der Waals surface area contributed by atoms with Gasteiger partial charge in [-0.15, -0.1) is 0 Å². The Morgan fingerprint density at radius 1 is 1.06 bits per heavy atom. The second-order valence-corrected chi connectivity index (χ2v) is 8.52. The van der Waals surface area contributed by atoms with Crippen LogP contribution in [0.15, 0.2) is 78.5 Å². The lowest BCUT2D eigenvalue weighted by Gasteiger charge is -2.11. The summed E-state index contributed by atoms with van der Waals surface area (Å²) in [5, 5.41) is 13.3. The molecule has 9 heteroatoms. The summed E-state index contributed by atoms with van der Waals surface area (Å²) in [6, 6.07) is 19.3. The standard InChI is InChI=1S/C26H16Cl2F3N3O/c27-20-5-3-4-16(10-20)14-34-15-18(21-6-1-2-7-24(21)34)11-17(13-32)25(35)33-23-12-19(26(29,30)31)8-9-22(23)28/h1-12,15H,14H2,(H,33,35). The molecule has 0 aliphatic rings. The second kappa shape index (κ2) is 9.87. The Kier molecular flexibility index (Phi) is 6.88. The van der Waals surface area contributed by atoms with Crippen molar-refractivity contribution in [2.75, 3.05) is 5.32 Å². The van der Waals surface area contributed by atoms with Crippen LogP contribution in [-0.2, 0) is 17.5 Å². The topological polar surface area (TPSA) is 57.8 Å². The predicted octanol–water partition coefficient (Wildman–Crippen LogP) is 7.56. The van der Waals surface area contributed by atoms with Gasteiger partial charge >= 0.3 is 6.18 Å². The Labute approximate surface area is 208 Å². The van der Waals surface area contributed by atoms with Gasteiger partial charge in [-0.3, -0.25) is 4.79 Å². The van der Waals surface area contributed by atoms with Crippen LogP contribution in [0.1, 0.15) is 16.7 Å². The fourth-order valence-electron chi connectivity index (χ4n) is 3.64. The van der Waals surface area contributed by atoms with Gasteiger partial charge in [0.25, 0.3) is 5.91 Å². The summed E-state index contributed by atoms with van der Waals surface area (Å²) in [7, 11) is 0. The first kappa shape index (κ1) is 24.4. The van der Waals surface area contributed by atoms with Gasteiger partial charge in [0.2, 0.25) is 0 Å². The number of hydrogen-bond acceptors (Lipinski definition) is 2. The van der Waals surface area contributed by atoms with E-state index in [0.29, 0.717) is 17.1 Å². The molecular weight excluding hydrogens is 498 g/mol. The molecule has 0 fully saturated rings. The first-order chi connectivity index (χ1) is 16.7. The van der Waals surface area contributed by atoms with Crippen LogP contribution in [0, 0.1) is 11.3 Å². The van der Waals surface area contributed by atoms with E-state index in [1.54, 1.807) is 12.3 Å². The smallest absolute Gasteiger partial charge is 0.342 e. The average Bonchev–Trinajstić information content (AvgIpc) is 3.15. The van der Waals surface area contributed by atoms with Gasteiger partial charge in [0.1, 0.15) is 11.6 Å². The molecule has 0 atom stereocenters. The highest BCUT2D eigenvalue weighted by molar-refractivity contribution is 6.34. The summed E-state index contributed by atoms with van der Waals surface area (Å²) in [4.78, 5) is 12.8. The number of nitriles is 1. The van der Waals surface area contributed by atoms with Crippen molar-refractivity contribution in [3.05, 3.63) is 105 Å². The molecule has 0 saturated heterocycles. The quantitative estimate of drug-likeness (QED) is 0.221. The minimum Gasteiger partial charge on any atom is -0.342 e. The van der Waals surface area contributed by atoms with Crippen LogP contribution in [0.2, 0.25) is 10.0 Å². The van der Waals surface area contributed by atoms with Crippen LogP contribution in [0.25, 0.3) is 17.0 Å². The first-order valence-electron chi connectivity index (χ1n) is 10.3. The molecule has 1 heterocycles. The third kappa shape index (κ3) is 5.51. The number of fused-ring (bicyclic) bond motifs is 1. The molecule has 0 saturated carbocycles. The lowest BCUT2D eigenvalue weighted by molar-refractivity contribution is -0.137. The Morgan fingerprint density at radius 2 is 1.83 bits per heavy atom. The van der Waals surface area contributed by atoms with Crippen LogP contribution in [-0.4, -0.2) is 10.5 Å². The highest BCUT2D eigenvalue weighted by atomic mass is 35.5. The van der Waals surface area contributed by atoms with Crippen LogP contribution in [0.3, 0.4) is 0 Å². The highest BCUT2D eigenvalue weighted by Gasteiger charge is 2.31. The van der Waals surface area contributed by atoms with Crippen molar-refractivity contribution >= 4 is 51.8 Å². The van der Waals surface area contributed by atoms with Crippen molar-refractivity contribution in [2.24, 2.45) is 0 Å². The van der Waals surface area contributed by atoms with E-state index >= 15 is 0 Å². The van der Waals surface area contributed by atoms with Crippen molar-refractivity contribution in [3.63, 3.8) is 0 Å². The van der Waals surface area contributed by atoms with E-state index in [-0.39, 0.29) is 16.3 Å². The summed E-state index contributed by atoms with van der Waals surface area (Å²) in [5.74, 6) is -0.875. The number of halogens is 5. The summed E-state index contributed by atoms with van der Waals surface area (Å²) in [6.45, 7) is 0.503. The number of rotatable bonds is 5. The van der Waals surface area contributed by atoms with E-state index < -0.39 is 17.6 Å². The molecule has 0 spiro atoms. The van der Waals surface area contributed by atoms with Crippen molar-refractivity contribution in [3.8, 4) is 6.07 Å². The third-order valence-electron chi connectivity index (χ3n) is 5.27. The van der Waals surface area contributed by atoms with Crippen LogP contribution < -0.4 is 5.32 Å². The number of hydrogen-bond donors (Lipinski definition) is 1. The molecule has 0 aliphatic heterocycles. The monoisotopic (exact) mass is 513 g/mol. The number of benzene rings is 3. The Morgan fingerprint density at radius 3 is 2.54 bits per heavy atom. The zero-order valence-corrected chi connectivity index (χ0v) is 19.4. The molecule has 1 N–H and O–H groups in total. The van der Waals surface area contributed by atoms with Gasteiger partial charge in [-0.25, -0.2) is 0 Å². The van der Waals surface area contributed by atoms with E-state index in [2.05, 4.69) is 5.32 Å². The lowest BCUT2D eigenvalue weighted by atomic mass is 10.1. The van der Waals surface area contributed by atoms with E-state index in [9.17, 15) is 23.2 Å². The maximum atomic E-state index is 13.0. The Balaban J connectivity index is 1.68. The predicted molar refractivity (Wildman–Crippen MR) is 131 cm³/mol. The second-order valence-electron chi connectivity index (χ2n) is 7.68. The average molecular weight is 514 g/mol. The van der Waals surface area contributed by atoms with Gasteiger partial charge in [-0.05, 0) is 48.0 Å². The third-order valence-corrected chi connectivity index (χ3v) is 5.83. The molecule has 4 nitrogen and oxygen atoms in total. The van der Waals surface area contributed by atoms with Crippen molar-refractivity contribution in [1.29, 1.82) is 5.26 Å². The lowest BCUT2D eigenvalue weighted by Crippen LogP contribution is -2.15. The summed E-state index contributed by atoms with van der Waals surface area (Å²) in [5.41, 5.74) is 0.942. The Bertz CT molecular complexity index is 1500. The number of carbonyl (C=O) groups excluding carboxylic acids is 1. The minimum atomic E-state index is -4.61. The molecule has 0 radical (unpaired) electrons. The highest BCUT2D eigenvalue weighted by Crippen LogP contribution is 2.34. The normalized spacial score (nSPS) is 11.9. The molecule has 0 unspecified atom stereocenters. The van der Waals surface area contributed by atoms with Gasteiger partial charge in [0, 0.05) is 34.2 Å². The van der Waals surface area contributed by atoms with Crippen molar-refractivity contribution < 1.29 is 18.0 Å². The number of para-hydroxylation sites is 1. The Hall–Kier alpha value is -3.73. The first-order valence-corrected chi connectivity index (χ1v) is 11.0. The minimum absolute atomic E-state index is 0.0817. The van der Waals surface area contributed by atoms with Gasteiger partial charge in [0.05, 0.1) is 16.3 Å². The molecule has 1 aromatic heterocycles. The largest absolute Gasteiger partial charge is 0.416 e. The van der Waals surface area contributed by atoms with Gasteiger partial charge in [-0.1, -0.05) is 53.5 Å². The molecular formula is C26H16Cl2F3N3O. The molecule has 35 heavy (non-hydrogen) atoms. The van der Waals surface area contributed by atoms with Gasteiger partial charge < -0.3 is 9.88 Å². The summed E-state index contributed by atoms with van der Waals surface area (Å²) >= 11 is 12.1. The molecule has 0 aliphatic carbocycles. The fraction of sp³-hybridized carbons (Fsp3) is 0.0769. The molecule has 0 bridgehead atoms. The molecule has 4 aromatic rings. The van der Waals surface area contributed by atoms with Crippen LogP contribution in [0.5, 0.6) is 0 Å². The molecule has 3 aromatic carbocycles. The van der Waals surface area contributed by atoms with E-state index in [0.717, 1.165) is 34.7 Å². The zero-order chi connectivity index (χ0) is 25.2. The van der Waals surface area contributed by atoms with Gasteiger partial charge in [-0.2, -0.15) is 18.4 Å². The van der Waals surface area contributed by atoms with E-state index in [1.165, 1.54) is 6.08 Å².